The molecule has 2 aliphatic rings. The van der Waals surface area contributed by atoms with Crippen LogP contribution in [0.3, 0.4) is 0 Å². The molecule has 2 aliphatic heterocycles. The first-order chi connectivity index (χ1) is 14.5. The zero-order chi connectivity index (χ0) is 21.3. The van der Waals surface area contributed by atoms with Gasteiger partial charge in [0, 0.05) is 24.3 Å². The minimum Gasteiger partial charge on any atom is -0.494 e. The predicted octanol–water partition coefficient (Wildman–Crippen LogP) is 4.40. The first-order valence-electron chi connectivity index (χ1n) is 10.6. The summed E-state index contributed by atoms with van der Waals surface area (Å²) in [6, 6.07) is 10.1. The minimum atomic E-state index is -0.501. The fraction of sp³-hybridized carbons (Fsp3) is 0.500. The second-order valence-electron chi connectivity index (χ2n) is 8.20. The van der Waals surface area contributed by atoms with E-state index in [1.807, 2.05) is 31.2 Å². The van der Waals surface area contributed by atoms with E-state index in [2.05, 4.69) is 13.0 Å². The first-order valence-corrected chi connectivity index (χ1v) is 11.0. The van der Waals surface area contributed by atoms with Crippen molar-refractivity contribution in [2.24, 2.45) is 0 Å². The zero-order valence-corrected chi connectivity index (χ0v) is 18.2. The van der Waals surface area contributed by atoms with E-state index in [0.717, 1.165) is 33.8 Å². The lowest BCUT2D eigenvalue weighted by molar-refractivity contribution is -0.114. The molecule has 1 fully saturated rings. The molecule has 0 saturated carbocycles. The van der Waals surface area contributed by atoms with Crippen molar-refractivity contribution in [3.05, 3.63) is 57.6 Å². The topological polar surface area (TPSA) is 68.2 Å². The molecule has 0 amide bonds. The molecule has 0 radical (unpaired) electrons. The van der Waals surface area contributed by atoms with Gasteiger partial charge < -0.3 is 24.4 Å². The van der Waals surface area contributed by atoms with Crippen molar-refractivity contribution < 1.29 is 24.4 Å². The zero-order valence-electron chi connectivity index (χ0n) is 17.4. The van der Waals surface area contributed by atoms with Crippen LogP contribution in [0.2, 0.25) is 5.02 Å². The second-order valence-corrected chi connectivity index (χ2v) is 8.58. The number of ether oxygens (including phenoxy) is 3. The maximum atomic E-state index is 10.3. The number of hydrogen-bond acceptors (Lipinski definition) is 5. The molecule has 30 heavy (non-hydrogen) atoms. The third-order valence-electron chi connectivity index (χ3n) is 5.89. The molecule has 162 valence electrons. The summed E-state index contributed by atoms with van der Waals surface area (Å²) in [4.78, 5) is 0. The fourth-order valence-electron chi connectivity index (χ4n) is 4.46. The third-order valence-corrected chi connectivity index (χ3v) is 6.31. The summed E-state index contributed by atoms with van der Waals surface area (Å²) in [7, 11) is 0. The number of fused-ring (bicyclic) bond motifs is 1. The fourth-order valence-corrected chi connectivity index (χ4v) is 4.74. The minimum absolute atomic E-state index is 0.103. The molecule has 1 saturated heterocycles. The van der Waals surface area contributed by atoms with E-state index in [-0.39, 0.29) is 24.7 Å². The second kappa shape index (κ2) is 9.15. The Balaban J connectivity index is 1.69. The molecule has 6 heteroatoms. The highest BCUT2D eigenvalue weighted by Crippen LogP contribution is 2.48. The van der Waals surface area contributed by atoms with Gasteiger partial charge in [-0.1, -0.05) is 36.7 Å². The van der Waals surface area contributed by atoms with Gasteiger partial charge in [-0.05, 0) is 42.2 Å². The van der Waals surface area contributed by atoms with E-state index in [0.29, 0.717) is 37.5 Å². The van der Waals surface area contributed by atoms with Gasteiger partial charge in [0.15, 0.2) is 0 Å². The highest BCUT2D eigenvalue weighted by atomic mass is 35.5. The normalized spacial score (nSPS) is 25.6. The number of aliphatic hydroxyl groups is 2. The summed E-state index contributed by atoms with van der Waals surface area (Å²) in [5, 5.41) is 20.5. The van der Waals surface area contributed by atoms with E-state index < -0.39 is 6.10 Å². The van der Waals surface area contributed by atoms with Crippen LogP contribution in [0.15, 0.2) is 30.3 Å². The third kappa shape index (κ3) is 4.30. The lowest BCUT2D eigenvalue weighted by atomic mass is 9.87. The van der Waals surface area contributed by atoms with Crippen molar-refractivity contribution in [3.8, 4) is 11.5 Å². The monoisotopic (exact) mass is 432 g/mol. The van der Waals surface area contributed by atoms with Gasteiger partial charge in [-0.2, -0.15) is 0 Å². The Morgan fingerprint density at radius 3 is 2.67 bits per heavy atom. The lowest BCUT2D eigenvalue weighted by Crippen LogP contribution is -2.34. The smallest absolute Gasteiger partial charge is 0.142 e. The van der Waals surface area contributed by atoms with Crippen molar-refractivity contribution in [2.75, 3.05) is 19.8 Å². The van der Waals surface area contributed by atoms with Gasteiger partial charge >= 0.3 is 0 Å². The van der Waals surface area contributed by atoms with Gasteiger partial charge in [-0.15, -0.1) is 0 Å². The predicted molar refractivity (Wildman–Crippen MR) is 116 cm³/mol. The average Bonchev–Trinajstić information content (AvgIpc) is 3.13. The molecule has 4 rings (SSSR count). The summed E-state index contributed by atoms with van der Waals surface area (Å²) in [5.41, 5.74) is 4.16. The molecular weight excluding hydrogens is 404 g/mol. The lowest BCUT2D eigenvalue weighted by Gasteiger charge is -2.34. The van der Waals surface area contributed by atoms with Gasteiger partial charge in [0.05, 0.1) is 43.2 Å². The Morgan fingerprint density at radius 2 is 1.97 bits per heavy atom. The van der Waals surface area contributed by atoms with Crippen LogP contribution in [0.1, 0.15) is 61.0 Å². The van der Waals surface area contributed by atoms with Crippen LogP contribution < -0.4 is 9.47 Å². The molecule has 0 spiro atoms. The van der Waals surface area contributed by atoms with Gasteiger partial charge in [0.1, 0.15) is 11.5 Å². The van der Waals surface area contributed by atoms with Crippen LogP contribution in [0.5, 0.6) is 11.5 Å². The molecule has 0 aromatic heterocycles. The number of aliphatic hydroxyl groups excluding tert-OH is 2. The Labute approximate surface area is 182 Å². The molecule has 5 nitrogen and oxygen atoms in total. The van der Waals surface area contributed by atoms with Crippen molar-refractivity contribution >= 4 is 11.6 Å². The standard InChI is InChI=1S/C24H29ClO5/c1-3-28-18-6-4-15(5-7-18)8-16-9-20(21-11-17(27)10-19(12-26)30-21)22-14(2)13-29-24(22)23(16)25/h4-7,9,14,17,19,21,26-27H,3,8,10-13H2,1-2H3. The summed E-state index contributed by atoms with van der Waals surface area (Å²) >= 11 is 6.77. The molecule has 4 unspecified atom stereocenters. The van der Waals surface area contributed by atoms with Crippen molar-refractivity contribution in [1.82, 2.24) is 0 Å². The molecule has 0 aliphatic carbocycles. The Hall–Kier alpha value is -1.79. The van der Waals surface area contributed by atoms with Gasteiger partial charge in [-0.3, -0.25) is 0 Å². The largest absolute Gasteiger partial charge is 0.494 e. The van der Waals surface area contributed by atoms with Crippen LogP contribution in [-0.4, -0.2) is 42.2 Å². The van der Waals surface area contributed by atoms with Gasteiger partial charge in [0.2, 0.25) is 0 Å². The first kappa shape index (κ1) is 21.4. The van der Waals surface area contributed by atoms with E-state index >= 15 is 0 Å². The Bertz CT molecular complexity index is 882. The average molecular weight is 433 g/mol. The molecule has 2 heterocycles. The van der Waals surface area contributed by atoms with E-state index in [4.69, 9.17) is 25.8 Å². The molecule has 2 N–H and O–H groups in total. The summed E-state index contributed by atoms with van der Waals surface area (Å²) < 4.78 is 17.6. The highest BCUT2D eigenvalue weighted by molar-refractivity contribution is 6.33. The molecule has 4 atom stereocenters. The Kier molecular flexibility index (Phi) is 6.54. The number of hydrogen-bond donors (Lipinski definition) is 2. The maximum absolute atomic E-state index is 10.3. The van der Waals surface area contributed by atoms with Crippen molar-refractivity contribution in [2.45, 2.75) is 57.3 Å². The van der Waals surface area contributed by atoms with Gasteiger partial charge in [0.25, 0.3) is 0 Å². The van der Waals surface area contributed by atoms with Crippen LogP contribution in [0.25, 0.3) is 0 Å². The summed E-state index contributed by atoms with van der Waals surface area (Å²) in [6.07, 6.45) is 0.451. The maximum Gasteiger partial charge on any atom is 0.142 e. The van der Waals surface area contributed by atoms with Gasteiger partial charge in [-0.25, -0.2) is 0 Å². The van der Waals surface area contributed by atoms with E-state index in [9.17, 15) is 10.2 Å². The summed E-state index contributed by atoms with van der Waals surface area (Å²) in [6.45, 7) is 5.19. The molecular formula is C24H29ClO5. The molecule has 2 aromatic rings. The summed E-state index contributed by atoms with van der Waals surface area (Å²) in [5.74, 6) is 1.77. The number of rotatable bonds is 6. The number of halogens is 1. The Morgan fingerprint density at radius 1 is 1.20 bits per heavy atom. The van der Waals surface area contributed by atoms with Crippen molar-refractivity contribution in [1.29, 1.82) is 0 Å². The van der Waals surface area contributed by atoms with Crippen molar-refractivity contribution in [3.63, 3.8) is 0 Å². The molecule has 0 bridgehead atoms. The van der Waals surface area contributed by atoms with Crippen LogP contribution in [0.4, 0.5) is 0 Å². The van der Waals surface area contributed by atoms with Crippen LogP contribution >= 0.6 is 11.6 Å². The van der Waals surface area contributed by atoms with Crippen LogP contribution in [0, 0.1) is 0 Å². The molecule has 2 aromatic carbocycles. The SMILES string of the molecule is CCOc1ccc(Cc2cc(C3CC(O)CC(CO)O3)c3c(c2Cl)OCC3C)cc1. The van der Waals surface area contributed by atoms with E-state index in [1.165, 1.54) is 0 Å². The highest BCUT2D eigenvalue weighted by Gasteiger charge is 2.35. The van der Waals surface area contributed by atoms with E-state index in [1.54, 1.807) is 0 Å². The number of benzene rings is 2. The quantitative estimate of drug-likeness (QED) is 0.708. The van der Waals surface area contributed by atoms with Crippen LogP contribution in [-0.2, 0) is 11.2 Å².